The highest BCUT2D eigenvalue weighted by Gasteiger charge is 2.24. The van der Waals surface area contributed by atoms with E-state index in [1.54, 1.807) is 36.4 Å². The summed E-state index contributed by atoms with van der Waals surface area (Å²) in [6, 6.07) is 17.8. The van der Waals surface area contributed by atoms with Crippen LogP contribution in [0.15, 0.2) is 75.0 Å². The maximum atomic E-state index is 12.2. The third-order valence-electron chi connectivity index (χ3n) is 4.00. The second kappa shape index (κ2) is 7.96. The molecule has 2 aromatic carbocycles. The van der Waals surface area contributed by atoms with Crippen LogP contribution in [-0.4, -0.2) is 16.2 Å². The van der Waals surface area contributed by atoms with Gasteiger partial charge in [0.25, 0.3) is 5.91 Å². The minimum absolute atomic E-state index is 0.209. The first kappa shape index (κ1) is 18.4. The fourth-order valence-electron chi connectivity index (χ4n) is 2.62. The summed E-state index contributed by atoms with van der Waals surface area (Å²) in [5.41, 5.74) is 1.81. The van der Waals surface area contributed by atoms with Crippen molar-refractivity contribution in [1.29, 1.82) is 0 Å². The van der Waals surface area contributed by atoms with Crippen LogP contribution in [0.25, 0.3) is 17.4 Å². The number of nitrogens with one attached hydrogen (secondary N) is 1. The minimum atomic E-state index is -0.213. The highest BCUT2D eigenvalue weighted by Crippen LogP contribution is 2.29. The lowest BCUT2D eigenvalue weighted by atomic mass is 10.2. The number of nitrogens with zero attached hydrogens (tertiary/aromatic N) is 1. The first-order valence-corrected chi connectivity index (χ1v) is 9.65. The standard InChI is InChI=1S/C21H15ClN2O3S/c22-15-3-1-2-14(10-15)18-9-8-17(27-18)11-19-20(26)24-21(28-19)23-12-13-4-6-16(25)7-5-13/h1-11,25H,12H2,(H,23,24,26)/b19-11-. The molecular formula is C21H15ClN2O3S. The number of aromatic hydroxyl groups is 1. The fraction of sp³-hybridized carbons (Fsp3) is 0.0476. The van der Waals surface area contributed by atoms with Gasteiger partial charge < -0.3 is 14.8 Å². The van der Waals surface area contributed by atoms with Crippen LogP contribution >= 0.6 is 23.4 Å². The number of rotatable bonds is 4. The Morgan fingerprint density at radius 3 is 2.75 bits per heavy atom. The van der Waals surface area contributed by atoms with Gasteiger partial charge in [-0.05, 0) is 53.7 Å². The molecule has 1 aromatic heterocycles. The van der Waals surface area contributed by atoms with E-state index in [-0.39, 0.29) is 11.7 Å². The molecule has 1 aliphatic rings. The van der Waals surface area contributed by atoms with Crippen LogP contribution < -0.4 is 5.32 Å². The summed E-state index contributed by atoms with van der Waals surface area (Å²) in [7, 11) is 0. The number of aliphatic imine (C=N–C) groups is 1. The number of thioether (sulfide) groups is 1. The van der Waals surface area contributed by atoms with Crippen molar-refractivity contribution in [2.24, 2.45) is 4.99 Å². The van der Waals surface area contributed by atoms with Gasteiger partial charge in [0.1, 0.15) is 17.3 Å². The number of hydrogen-bond acceptors (Lipinski definition) is 5. The summed E-state index contributed by atoms with van der Waals surface area (Å²) in [4.78, 5) is 17.1. The zero-order chi connectivity index (χ0) is 19.5. The predicted molar refractivity (Wildman–Crippen MR) is 112 cm³/mol. The van der Waals surface area contributed by atoms with E-state index in [1.165, 1.54) is 11.8 Å². The number of amidine groups is 1. The molecule has 0 bridgehead atoms. The molecule has 0 spiro atoms. The number of hydrogen-bond donors (Lipinski definition) is 2. The van der Waals surface area contributed by atoms with Crippen LogP contribution in [0, 0.1) is 0 Å². The van der Waals surface area contributed by atoms with Gasteiger partial charge in [-0.15, -0.1) is 0 Å². The average Bonchev–Trinajstić information content (AvgIpc) is 3.29. The van der Waals surface area contributed by atoms with Crippen LogP contribution in [0.3, 0.4) is 0 Å². The van der Waals surface area contributed by atoms with Gasteiger partial charge in [0, 0.05) is 16.7 Å². The second-order valence-corrected chi connectivity index (χ2v) is 7.53. The molecule has 1 aliphatic heterocycles. The van der Waals surface area contributed by atoms with Crippen LogP contribution in [0.5, 0.6) is 5.75 Å². The van der Waals surface area contributed by atoms with E-state index in [0.29, 0.717) is 33.2 Å². The SMILES string of the molecule is O=C1NC(=NCc2ccc(O)cc2)S/C1=C\c1ccc(-c2cccc(Cl)c2)o1. The monoisotopic (exact) mass is 410 g/mol. The molecule has 1 fully saturated rings. The highest BCUT2D eigenvalue weighted by atomic mass is 35.5. The van der Waals surface area contributed by atoms with Gasteiger partial charge in [0.15, 0.2) is 5.17 Å². The zero-order valence-corrected chi connectivity index (χ0v) is 16.1. The molecule has 7 heteroatoms. The van der Waals surface area contributed by atoms with Crippen molar-refractivity contribution >= 4 is 40.5 Å². The number of carbonyl (C=O) groups is 1. The Labute approximate surface area is 170 Å². The molecule has 0 unspecified atom stereocenters. The van der Waals surface area contributed by atoms with Gasteiger partial charge in [-0.2, -0.15) is 0 Å². The number of furan rings is 1. The van der Waals surface area contributed by atoms with Gasteiger partial charge in [-0.1, -0.05) is 35.9 Å². The molecule has 5 nitrogen and oxygen atoms in total. The fourth-order valence-corrected chi connectivity index (χ4v) is 3.61. The van der Waals surface area contributed by atoms with Crippen molar-refractivity contribution in [1.82, 2.24) is 5.32 Å². The molecule has 1 amide bonds. The van der Waals surface area contributed by atoms with Crippen molar-refractivity contribution in [2.75, 3.05) is 0 Å². The first-order chi connectivity index (χ1) is 13.6. The smallest absolute Gasteiger partial charge is 0.264 e. The third-order valence-corrected chi connectivity index (χ3v) is 5.18. The van der Waals surface area contributed by atoms with Crippen LogP contribution in [0.4, 0.5) is 0 Å². The van der Waals surface area contributed by atoms with Crippen molar-refractivity contribution in [3.8, 4) is 17.1 Å². The number of benzene rings is 2. The summed E-state index contributed by atoms with van der Waals surface area (Å²) >= 11 is 7.28. The Hall–Kier alpha value is -2.96. The van der Waals surface area contributed by atoms with E-state index in [4.69, 9.17) is 16.0 Å². The molecule has 0 radical (unpaired) electrons. The van der Waals surface area contributed by atoms with Gasteiger partial charge in [-0.25, -0.2) is 0 Å². The summed E-state index contributed by atoms with van der Waals surface area (Å²) in [6.07, 6.45) is 1.69. The van der Waals surface area contributed by atoms with E-state index in [1.807, 2.05) is 30.3 Å². The number of phenolic OH excluding ortho intramolecular Hbond substituents is 1. The number of halogens is 1. The lowest BCUT2D eigenvalue weighted by molar-refractivity contribution is -0.115. The van der Waals surface area contributed by atoms with Gasteiger partial charge in [0.2, 0.25) is 0 Å². The van der Waals surface area contributed by atoms with Gasteiger partial charge >= 0.3 is 0 Å². The minimum Gasteiger partial charge on any atom is -0.508 e. The molecule has 140 valence electrons. The lowest BCUT2D eigenvalue weighted by Crippen LogP contribution is -2.19. The van der Waals surface area contributed by atoms with Crippen molar-refractivity contribution in [3.05, 3.63) is 81.9 Å². The number of amides is 1. The topological polar surface area (TPSA) is 74.8 Å². The Morgan fingerprint density at radius 1 is 1.14 bits per heavy atom. The van der Waals surface area contributed by atoms with Crippen LogP contribution in [0.2, 0.25) is 5.02 Å². The molecule has 0 aliphatic carbocycles. The molecule has 4 rings (SSSR count). The van der Waals surface area contributed by atoms with E-state index in [0.717, 1.165) is 11.1 Å². The molecule has 3 aromatic rings. The number of phenols is 1. The normalized spacial score (nSPS) is 16.7. The molecule has 0 saturated carbocycles. The maximum absolute atomic E-state index is 12.2. The Balaban J connectivity index is 1.47. The second-order valence-electron chi connectivity index (χ2n) is 6.06. The molecular weight excluding hydrogens is 396 g/mol. The third kappa shape index (κ3) is 4.30. The van der Waals surface area contributed by atoms with E-state index in [2.05, 4.69) is 10.3 Å². The summed E-state index contributed by atoms with van der Waals surface area (Å²) < 4.78 is 5.82. The molecule has 0 atom stereocenters. The van der Waals surface area contributed by atoms with Crippen molar-refractivity contribution in [2.45, 2.75) is 6.54 Å². The Morgan fingerprint density at radius 2 is 1.96 bits per heavy atom. The van der Waals surface area contributed by atoms with Crippen molar-refractivity contribution < 1.29 is 14.3 Å². The van der Waals surface area contributed by atoms with E-state index >= 15 is 0 Å². The quantitative estimate of drug-likeness (QED) is 0.589. The predicted octanol–water partition coefficient (Wildman–Crippen LogP) is 5.07. The van der Waals surface area contributed by atoms with Crippen LogP contribution in [-0.2, 0) is 11.3 Å². The van der Waals surface area contributed by atoms with Crippen molar-refractivity contribution in [3.63, 3.8) is 0 Å². The van der Waals surface area contributed by atoms with E-state index < -0.39 is 0 Å². The van der Waals surface area contributed by atoms with Gasteiger partial charge in [-0.3, -0.25) is 9.79 Å². The maximum Gasteiger partial charge on any atom is 0.264 e. The number of carbonyl (C=O) groups excluding carboxylic acids is 1. The average molecular weight is 411 g/mol. The zero-order valence-electron chi connectivity index (χ0n) is 14.6. The molecule has 2 heterocycles. The summed E-state index contributed by atoms with van der Waals surface area (Å²) in [6.45, 7) is 0.413. The Bertz CT molecular complexity index is 1090. The Kier molecular flexibility index (Phi) is 5.23. The van der Waals surface area contributed by atoms with E-state index in [9.17, 15) is 9.90 Å². The summed E-state index contributed by atoms with van der Waals surface area (Å²) in [5, 5.41) is 13.2. The largest absolute Gasteiger partial charge is 0.508 e. The highest BCUT2D eigenvalue weighted by molar-refractivity contribution is 8.18. The first-order valence-electron chi connectivity index (χ1n) is 8.46. The van der Waals surface area contributed by atoms with Crippen LogP contribution in [0.1, 0.15) is 11.3 Å². The van der Waals surface area contributed by atoms with Gasteiger partial charge in [0.05, 0.1) is 11.4 Å². The molecule has 2 N–H and O–H groups in total. The summed E-state index contributed by atoms with van der Waals surface area (Å²) in [5.74, 6) is 1.25. The molecule has 1 saturated heterocycles. The lowest BCUT2D eigenvalue weighted by Gasteiger charge is -1.98. The molecule has 28 heavy (non-hydrogen) atoms.